The Morgan fingerprint density at radius 2 is 2.40 bits per heavy atom. The van der Waals surface area contributed by atoms with Gasteiger partial charge in [-0.1, -0.05) is 19.4 Å². The van der Waals surface area contributed by atoms with E-state index in [1.54, 1.807) is 6.08 Å². The van der Waals surface area contributed by atoms with Crippen molar-refractivity contribution in [2.75, 3.05) is 6.61 Å². The van der Waals surface area contributed by atoms with Crippen molar-refractivity contribution in [2.45, 2.75) is 38.7 Å². The number of allylic oxidation sites excluding steroid dienone is 1. The fourth-order valence-corrected chi connectivity index (χ4v) is 1.82. The van der Waals surface area contributed by atoms with Gasteiger partial charge in [-0.05, 0) is 18.8 Å². The summed E-state index contributed by atoms with van der Waals surface area (Å²) < 4.78 is 5.12. The first-order valence-electron chi connectivity index (χ1n) is 5.59. The third-order valence-corrected chi connectivity index (χ3v) is 2.97. The van der Waals surface area contributed by atoms with Crippen LogP contribution in [-0.4, -0.2) is 23.8 Å². The highest BCUT2D eigenvalue weighted by Gasteiger charge is 2.26. The van der Waals surface area contributed by atoms with Gasteiger partial charge in [-0.15, -0.1) is 6.58 Å². The molecule has 15 heavy (non-hydrogen) atoms. The Kier molecular flexibility index (Phi) is 4.82. The summed E-state index contributed by atoms with van der Waals surface area (Å²) in [7, 11) is 0. The Labute approximate surface area is 91.1 Å². The van der Waals surface area contributed by atoms with Crippen molar-refractivity contribution in [1.82, 2.24) is 0 Å². The maximum Gasteiger partial charge on any atom is 0.306 e. The van der Waals surface area contributed by atoms with Crippen LogP contribution in [0.5, 0.6) is 0 Å². The Morgan fingerprint density at radius 1 is 1.67 bits per heavy atom. The van der Waals surface area contributed by atoms with Gasteiger partial charge in [-0.25, -0.2) is 0 Å². The largest absolute Gasteiger partial charge is 0.465 e. The molecule has 3 atom stereocenters. The summed E-state index contributed by atoms with van der Waals surface area (Å²) in [5.41, 5.74) is 0. The van der Waals surface area contributed by atoms with Gasteiger partial charge in [-0.3, -0.25) is 4.79 Å². The van der Waals surface area contributed by atoms with Crippen molar-refractivity contribution in [3.8, 4) is 0 Å². The number of carbonyl (C=O) groups is 1. The summed E-state index contributed by atoms with van der Waals surface area (Å²) in [4.78, 5) is 11.3. The van der Waals surface area contributed by atoms with Gasteiger partial charge >= 0.3 is 5.97 Å². The number of hydrogen-bond acceptors (Lipinski definition) is 3. The number of carbonyl (C=O) groups excluding carboxylic acids is 1. The molecule has 1 fully saturated rings. The molecule has 0 amide bonds. The first-order chi connectivity index (χ1) is 7.13. The molecule has 0 aromatic heterocycles. The fourth-order valence-electron chi connectivity index (χ4n) is 1.82. The lowest BCUT2D eigenvalue weighted by atomic mass is 10.1. The lowest BCUT2D eigenvalue weighted by Gasteiger charge is -2.14. The van der Waals surface area contributed by atoms with Crippen LogP contribution in [-0.2, 0) is 9.53 Å². The Balaban J connectivity index is 2.18. The van der Waals surface area contributed by atoms with E-state index in [4.69, 9.17) is 4.74 Å². The van der Waals surface area contributed by atoms with Crippen LogP contribution in [0.3, 0.4) is 0 Å². The normalized spacial score (nSPS) is 27.3. The highest BCUT2D eigenvalue weighted by molar-refractivity contribution is 5.69. The second-order valence-electron chi connectivity index (χ2n) is 4.36. The second-order valence-corrected chi connectivity index (χ2v) is 4.36. The minimum atomic E-state index is -0.283. The Bertz CT molecular complexity index is 225. The lowest BCUT2D eigenvalue weighted by Crippen LogP contribution is -2.21. The van der Waals surface area contributed by atoms with Crippen LogP contribution in [0.1, 0.15) is 32.6 Å². The van der Waals surface area contributed by atoms with Gasteiger partial charge in [-0.2, -0.15) is 0 Å². The minimum Gasteiger partial charge on any atom is -0.465 e. The van der Waals surface area contributed by atoms with Crippen molar-refractivity contribution < 1.29 is 14.6 Å². The maximum atomic E-state index is 11.3. The number of aliphatic hydroxyl groups excluding tert-OH is 1. The average molecular weight is 212 g/mol. The van der Waals surface area contributed by atoms with Gasteiger partial charge in [0.15, 0.2) is 0 Å². The van der Waals surface area contributed by atoms with Crippen molar-refractivity contribution in [3.63, 3.8) is 0 Å². The molecule has 3 heteroatoms. The van der Waals surface area contributed by atoms with E-state index in [1.165, 1.54) is 0 Å². The molecule has 86 valence electrons. The number of esters is 1. The van der Waals surface area contributed by atoms with Crippen molar-refractivity contribution in [2.24, 2.45) is 11.8 Å². The van der Waals surface area contributed by atoms with E-state index < -0.39 is 0 Å². The third kappa shape index (κ3) is 4.04. The summed E-state index contributed by atoms with van der Waals surface area (Å²) >= 11 is 0. The molecule has 1 aliphatic carbocycles. The van der Waals surface area contributed by atoms with Gasteiger partial charge in [0.1, 0.15) is 0 Å². The quantitative estimate of drug-likeness (QED) is 0.559. The van der Waals surface area contributed by atoms with E-state index in [9.17, 15) is 9.90 Å². The van der Waals surface area contributed by atoms with Gasteiger partial charge in [0, 0.05) is 5.92 Å². The molecule has 0 aromatic carbocycles. The number of aliphatic hydroxyl groups is 1. The average Bonchev–Trinajstić information content (AvgIpc) is 2.61. The highest BCUT2D eigenvalue weighted by Crippen LogP contribution is 2.25. The molecule has 1 aliphatic rings. The van der Waals surface area contributed by atoms with Gasteiger partial charge in [0.25, 0.3) is 0 Å². The smallest absolute Gasteiger partial charge is 0.306 e. The molecule has 0 aliphatic heterocycles. The van der Waals surface area contributed by atoms with E-state index in [1.807, 2.05) is 6.92 Å². The van der Waals surface area contributed by atoms with Gasteiger partial charge in [0.05, 0.1) is 19.1 Å². The van der Waals surface area contributed by atoms with E-state index >= 15 is 0 Å². The molecule has 0 saturated heterocycles. The molecule has 0 heterocycles. The molecule has 0 spiro atoms. The first-order valence-corrected chi connectivity index (χ1v) is 5.59. The van der Waals surface area contributed by atoms with Gasteiger partial charge in [0.2, 0.25) is 0 Å². The highest BCUT2D eigenvalue weighted by atomic mass is 16.5. The van der Waals surface area contributed by atoms with E-state index in [2.05, 4.69) is 6.58 Å². The molecule has 1 N–H and O–H groups in total. The summed E-state index contributed by atoms with van der Waals surface area (Å²) in [5, 5.41) is 9.52. The van der Waals surface area contributed by atoms with E-state index in [0.717, 1.165) is 19.3 Å². The Hall–Kier alpha value is -0.830. The summed E-state index contributed by atoms with van der Waals surface area (Å²) in [6.45, 7) is 5.91. The summed E-state index contributed by atoms with van der Waals surface area (Å²) in [6.07, 6.45) is 4.68. The van der Waals surface area contributed by atoms with Crippen molar-refractivity contribution >= 4 is 5.97 Å². The summed E-state index contributed by atoms with van der Waals surface area (Å²) in [5.74, 6) is 0.112. The predicted molar refractivity (Wildman–Crippen MR) is 58.3 cm³/mol. The first kappa shape index (κ1) is 12.2. The fraction of sp³-hybridized carbons (Fsp3) is 0.750. The molecular formula is C12H20O3. The zero-order valence-electron chi connectivity index (χ0n) is 9.32. The van der Waals surface area contributed by atoms with Gasteiger partial charge < -0.3 is 9.84 Å². The number of ether oxygens (including phenoxy) is 1. The summed E-state index contributed by atoms with van der Waals surface area (Å²) in [6, 6.07) is 0. The standard InChI is InChI=1S/C12H20O3/c1-3-9(2)7-12(14)15-8-10-5-4-6-11(10)13/h3,9-11,13H,1,4-8H2,2H3/t9-,10+,11-/m1/s1. The van der Waals surface area contributed by atoms with Crippen LogP contribution in [0.4, 0.5) is 0 Å². The molecule has 3 nitrogen and oxygen atoms in total. The van der Waals surface area contributed by atoms with Crippen molar-refractivity contribution in [1.29, 1.82) is 0 Å². The second kappa shape index (κ2) is 5.91. The third-order valence-electron chi connectivity index (χ3n) is 2.97. The topological polar surface area (TPSA) is 46.5 Å². The number of hydrogen-bond donors (Lipinski definition) is 1. The minimum absolute atomic E-state index is 0.146. The maximum absolute atomic E-state index is 11.3. The van der Waals surface area contributed by atoms with Crippen LogP contribution in [0.25, 0.3) is 0 Å². The van der Waals surface area contributed by atoms with Crippen LogP contribution in [0.15, 0.2) is 12.7 Å². The van der Waals surface area contributed by atoms with Crippen LogP contribution in [0.2, 0.25) is 0 Å². The van der Waals surface area contributed by atoms with Crippen LogP contribution in [0, 0.1) is 11.8 Å². The zero-order valence-corrected chi connectivity index (χ0v) is 9.32. The van der Waals surface area contributed by atoms with Crippen LogP contribution < -0.4 is 0 Å². The number of rotatable bonds is 5. The molecule has 1 rings (SSSR count). The van der Waals surface area contributed by atoms with E-state index in [-0.39, 0.29) is 23.9 Å². The molecule has 1 saturated carbocycles. The van der Waals surface area contributed by atoms with Crippen molar-refractivity contribution in [3.05, 3.63) is 12.7 Å². The van der Waals surface area contributed by atoms with Crippen LogP contribution >= 0.6 is 0 Å². The Morgan fingerprint density at radius 3 is 2.93 bits per heavy atom. The van der Waals surface area contributed by atoms with E-state index in [0.29, 0.717) is 13.0 Å². The molecule has 0 bridgehead atoms. The molecule has 0 radical (unpaired) electrons. The zero-order chi connectivity index (χ0) is 11.3. The SMILES string of the molecule is C=C[C@@H](C)CC(=O)OC[C@@H]1CCC[C@H]1O. The molecule has 0 unspecified atom stereocenters. The molecule has 0 aromatic rings. The predicted octanol–water partition coefficient (Wildman–Crippen LogP) is 1.90. The lowest BCUT2D eigenvalue weighted by molar-refractivity contribution is -0.146. The molecular weight excluding hydrogens is 192 g/mol. The monoisotopic (exact) mass is 212 g/mol.